The van der Waals surface area contributed by atoms with Crippen LogP contribution in [-0.2, 0) is 7.05 Å². The van der Waals surface area contributed by atoms with Crippen LogP contribution in [-0.4, -0.2) is 24.9 Å². The molecule has 3 aromatic heterocycles. The first kappa shape index (κ1) is 12.6. The average Bonchev–Trinajstić information content (AvgIpc) is 3.03. The molecule has 0 radical (unpaired) electrons. The summed E-state index contributed by atoms with van der Waals surface area (Å²) in [5, 5.41) is 12.4. The van der Waals surface area contributed by atoms with E-state index in [9.17, 15) is 0 Å². The molecule has 1 N–H and O–H groups in total. The maximum absolute atomic E-state index is 5.16. The zero-order chi connectivity index (χ0) is 14.1. The van der Waals surface area contributed by atoms with E-state index in [1.165, 1.54) is 6.33 Å². The summed E-state index contributed by atoms with van der Waals surface area (Å²) in [4.78, 5) is 8.39. The van der Waals surface area contributed by atoms with Gasteiger partial charge in [0.25, 0.3) is 5.71 Å². The van der Waals surface area contributed by atoms with E-state index in [1.54, 1.807) is 6.20 Å². The van der Waals surface area contributed by atoms with Gasteiger partial charge in [-0.2, -0.15) is 10.1 Å². The highest BCUT2D eigenvalue weighted by Gasteiger charge is 2.17. The standard InChI is InChI=1S/C13H16N6O/c1-4-9(10-5-6-16-19(10)3)17-12-11-8(2)18-20-13(11)15-7-14-12/h5-7,9H,4H2,1-3H3,(H,14,15,17). The van der Waals surface area contributed by atoms with Gasteiger partial charge in [0.2, 0.25) is 0 Å². The number of hydrogen-bond donors (Lipinski definition) is 1. The molecule has 3 heterocycles. The zero-order valence-electron chi connectivity index (χ0n) is 11.7. The Labute approximate surface area is 116 Å². The third kappa shape index (κ3) is 2.01. The molecule has 0 aliphatic carbocycles. The minimum absolute atomic E-state index is 0.120. The number of nitrogens with zero attached hydrogens (tertiary/aromatic N) is 5. The van der Waals surface area contributed by atoms with Gasteiger partial charge >= 0.3 is 0 Å². The van der Waals surface area contributed by atoms with Crippen LogP contribution in [0, 0.1) is 6.92 Å². The molecule has 1 atom stereocenters. The number of fused-ring (bicyclic) bond motifs is 1. The summed E-state index contributed by atoms with van der Waals surface area (Å²) in [5.74, 6) is 0.738. The van der Waals surface area contributed by atoms with Crippen molar-refractivity contribution in [2.45, 2.75) is 26.3 Å². The number of rotatable bonds is 4. The van der Waals surface area contributed by atoms with E-state index < -0.39 is 0 Å². The van der Waals surface area contributed by atoms with Crippen LogP contribution in [0.25, 0.3) is 11.1 Å². The van der Waals surface area contributed by atoms with Gasteiger partial charge in [0.1, 0.15) is 17.5 Å². The van der Waals surface area contributed by atoms with Crippen molar-refractivity contribution in [2.75, 3.05) is 5.32 Å². The molecule has 104 valence electrons. The summed E-state index contributed by atoms with van der Waals surface area (Å²) in [5.41, 5.74) is 2.39. The van der Waals surface area contributed by atoms with Gasteiger partial charge in [0.15, 0.2) is 0 Å². The van der Waals surface area contributed by atoms with Gasteiger partial charge in [-0.15, -0.1) is 0 Å². The Morgan fingerprint density at radius 2 is 2.25 bits per heavy atom. The molecule has 1 unspecified atom stereocenters. The molecular formula is C13H16N6O. The van der Waals surface area contributed by atoms with E-state index >= 15 is 0 Å². The molecule has 0 saturated carbocycles. The lowest BCUT2D eigenvalue weighted by molar-refractivity contribution is 0.442. The lowest BCUT2D eigenvalue weighted by atomic mass is 10.1. The van der Waals surface area contributed by atoms with Crippen LogP contribution >= 0.6 is 0 Å². The topological polar surface area (TPSA) is 81.7 Å². The lowest BCUT2D eigenvalue weighted by Gasteiger charge is -2.18. The third-order valence-electron chi connectivity index (χ3n) is 3.38. The van der Waals surface area contributed by atoms with Gasteiger partial charge in [0.05, 0.1) is 17.4 Å². The number of anilines is 1. The second-order valence-electron chi connectivity index (χ2n) is 4.66. The molecule has 0 aliphatic rings. The highest BCUT2D eigenvalue weighted by atomic mass is 16.5. The van der Waals surface area contributed by atoms with Crippen LogP contribution in [0.15, 0.2) is 23.1 Å². The smallest absolute Gasteiger partial charge is 0.263 e. The zero-order valence-corrected chi connectivity index (χ0v) is 11.7. The first-order valence-corrected chi connectivity index (χ1v) is 6.52. The fourth-order valence-electron chi connectivity index (χ4n) is 2.31. The second-order valence-corrected chi connectivity index (χ2v) is 4.66. The summed E-state index contributed by atoms with van der Waals surface area (Å²) in [6.07, 6.45) is 4.18. The number of hydrogen-bond acceptors (Lipinski definition) is 6. The summed E-state index contributed by atoms with van der Waals surface area (Å²) < 4.78 is 7.02. The van der Waals surface area contributed by atoms with Crippen molar-refractivity contribution in [3.8, 4) is 0 Å². The van der Waals surface area contributed by atoms with Crippen LogP contribution in [0.4, 0.5) is 5.82 Å². The van der Waals surface area contributed by atoms with Gasteiger partial charge in [-0.25, -0.2) is 4.98 Å². The molecule has 0 fully saturated rings. The summed E-state index contributed by atoms with van der Waals surface area (Å²) in [6, 6.07) is 2.12. The molecule has 0 saturated heterocycles. The number of aryl methyl sites for hydroxylation is 2. The molecule has 7 heteroatoms. The van der Waals surface area contributed by atoms with Crippen molar-refractivity contribution < 1.29 is 4.52 Å². The molecule has 3 aromatic rings. The van der Waals surface area contributed by atoms with Crippen LogP contribution < -0.4 is 5.32 Å². The molecule has 0 spiro atoms. The van der Waals surface area contributed by atoms with Gasteiger partial charge in [-0.3, -0.25) is 4.68 Å². The summed E-state index contributed by atoms with van der Waals surface area (Å²) >= 11 is 0. The van der Waals surface area contributed by atoms with Gasteiger partial charge < -0.3 is 9.84 Å². The van der Waals surface area contributed by atoms with Crippen molar-refractivity contribution in [2.24, 2.45) is 7.05 Å². The molecule has 3 rings (SSSR count). The number of aromatic nitrogens is 5. The predicted molar refractivity (Wildman–Crippen MR) is 74.2 cm³/mol. The molecule has 0 aromatic carbocycles. The fraction of sp³-hybridized carbons (Fsp3) is 0.385. The first-order valence-electron chi connectivity index (χ1n) is 6.52. The first-order chi connectivity index (χ1) is 9.70. The SMILES string of the molecule is CCC(Nc1ncnc2onc(C)c12)c1ccnn1C. The molecule has 0 amide bonds. The fourth-order valence-corrected chi connectivity index (χ4v) is 2.31. The Balaban J connectivity index is 2.00. The molecular weight excluding hydrogens is 256 g/mol. The minimum atomic E-state index is 0.120. The molecule has 7 nitrogen and oxygen atoms in total. The highest BCUT2D eigenvalue weighted by Crippen LogP contribution is 2.27. The lowest BCUT2D eigenvalue weighted by Crippen LogP contribution is -2.15. The van der Waals surface area contributed by atoms with E-state index in [0.717, 1.165) is 29.0 Å². The minimum Gasteiger partial charge on any atom is -0.361 e. The Hall–Kier alpha value is -2.44. The molecule has 0 aliphatic heterocycles. The van der Waals surface area contributed by atoms with Crippen molar-refractivity contribution in [3.63, 3.8) is 0 Å². The van der Waals surface area contributed by atoms with Gasteiger partial charge in [-0.05, 0) is 19.4 Å². The highest BCUT2D eigenvalue weighted by molar-refractivity contribution is 5.87. The largest absolute Gasteiger partial charge is 0.361 e. The van der Waals surface area contributed by atoms with Crippen LogP contribution in [0.2, 0.25) is 0 Å². The monoisotopic (exact) mass is 272 g/mol. The van der Waals surface area contributed by atoms with E-state index in [-0.39, 0.29) is 6.04 Å². The van der Waals surface area contributed by atoms with Crippen LogP contribution in [0.3, 0.4) is 0 Å². The average molecular weight is 272 g/mol. The Morgan fingerprint density at radius 3 is 2.95 bits per heavy atom. The second kappa shape index (κ2) is 4.92. The Bertz CT molecular complexity index is 731. The van der Waals surface area contributed by atoms with E-state index in [0.29, 0.717) is 5.71 Å². The predicted octanol–water partition coefficient (Wildman–Crippen LogP) is 2.22. The summed E-state index contributed by atoms with van der Waals surface area (Å²) in [7, 11) is 1.93. The van der Waals surface area contributed by atoms with Crippen molar-refractivity contribution in [3.05, 3.63) is 30.0 Å². The van der Waals surface area contributed by atoms with Crippen molar-refractivity contribution >= 4 is 16.9 Å². The maximum Gasteiger partial charge on any atom is 0.263 e. The van der Waals surface area contributed by atoms with E-state index in [4.69, 9.17) is 4.52 Å². The van der Waals surface area contributed by atoms with Crippen LogP contribution in [0.5, 0.6) is 0 Å². The van der Waals surface area contributed by atoms with Gasteiger partial charge in [0, 0.05) is 13.2 Å². The Morgan fingerprint density at radius 1 is 1.40 bits per heavy atom. The number of nitrogens with one attached hydrogen (secondary N) is 1. The third-order valence-corrected chi connectivity index (χ3v) is 3.38. The normalized spacial score (nSPS) is 12.8. The van der Waals surface area contributed by atoms with Gasteiger partial charge in [-0.1, -0.05) is 12.1 Å². The van der Waals surface area contributed by atoms with Crippen molar-refractivity contribution in [1.29, 1.82) is 0 Å². The Kier molecular flexibility index (Phi) is 3.09. The molecule has 20 heavy (non-hydrogen) atoms. The van der Waals surface area contributed by atoms with Crippen molar-refractivity contribution in [1.82, 2.24) is 24.9 Å². The van der Waals surface area contributed by atoms with Crippen LogP contribution in [0.1, 0.15) is 30.8 Å². The molecule has 0 bridgehead atoms. The summed E-state index contributed by atoms with van der Waals surface area (Å²) in [6.45, 7) is 3.99. The van der Waals surface area contributed by atoms with E-state index in [1.807, 2.05) is 24.7 Å². The maximum atomic E-state index is 5.16. The quantitative estimate of drug-likeness (QED) is 0.784. The van der Waals surface area contributed by atoms with E-state index in [2.05, 4.69) is 32.5 Å².